The highest BCUT2D eigenvalue weighted by atomic mass is 35.5. The van der Waals surface area contributed by atoms with Crippen LogP contribution < -0.4 is 4.90 Å². The van der Waals surface area contributed by atoms with Crippen LogP contribution >= 0.6 is 23.4 Å². The first-order valence-electron chi connectivity index (χ1n) is 12.1. The van der Waals surface area contributed by atoms with Crippen LogP contribution in [0, 0.1) is 0 Å². The number of hydrogen-bond donors (Lipinski definition) is 0. The molecule has 5 nitrogen and oxygen atoms in total. The zero-order valence-electron chi connectivity index (χ0n) is 19.5. The van der Waals surface area contributed by atoms with Crippen molar-refractivity contribution in [1.29, 1.82) is 0 Å². The van der Waals surface area contributed by atoms with Gasteiger partial charge >= 0.3 is 0 Å². The summed E-state index contributed by atoms with van der Waals surface area (Å²) in [5, 5.41) is 0.638. The highest BCUT2D eigenvalue weighted by molar-refractivity contribution is 8.04. The number of thioether (sulfide) groups is 1. The number of carbonyl (C=O) groups is 2. The maximum atomic E-state index is 13.3. The van der Waals surface area contributed by atoms with E-state index in [2.05, 4.69) is 4.90 Å². The van der Waals surface area contributed by atoms with Crippen LogP contribution in [0.4, 0.5) is 5.69 Å². The molecule has 7 heteroatoms. The van der Waals surface area contributed by atoms with Crippen molar-refractivity contribution >= 4 is 46.9 Å². The number of amides is 2. The van der Waals surface area contributed by atoms with Crippen molar-refractivity contribution in [3.63, 3.8) is 0 Å². The van der Waals surface area contributed by atoms with Gasteiger partial charge in [-0.2, -0.15) is 0 Å². The van der Waals surface area contributed by atoms with Crippen LogP contribution in [0.1, 0.15) is 48.0 Å². The first-order chi connectivity index (χ1) is 16.5. The number of carbonyl (C=O) groups excluding carboxylic acids is 2. The summed E-state index contributed by atoms with van der Waals surface area (Å²) < 4.78 is 0. The predicted octanol–water partition coefficient (Wildman–Crippen LogP) is 5.54. The van der Waals surface area contributed by atoms with Gasteiger partial charge in [-0.15, -0.1) is 0 Å². The van der Waals surface area contributed by atoms with Crippen LogP contribution in [0.2, 0.25) is 5.02 Å². The van der Waals surface area contributed by atoms with E-state index in [1.807, 2.05) is 53.4 Å². The number of piperazine rings is 1. The first kappa shape index (κ1) is 23.5. The number of anilines is 1. The van der Waals surface area contributed by atoms with Gasteiger partial charge in [-0.05, 0) is 54.8 Å². The zero-order chi connectivity index (χ0) is 23.7. The molecule has 0 bridgehead atoms. The van der Waals surface area contributed by atoms with Crippen LogP contribution in [0.25, 0.3) is 6.08 Å². The number of rotatable bonds is 3. The van der Waals surface area contributed by atoms with Crippen molar-refractivity contribution in [2.45, 2.75) is 43.0 Å². The minimum absolute atomic E-state index is 0.0530. The third kappa shape index (κ3) is 4.90. The van der Waals surface area contributed by atoms with Crippen molar-refractivity contribution in [2.75, 3.05) is 38.1 Å². The fourth-order valence-electron chi connectivity index (χ4n) is 5.19. The van der Waals surface area contributed by atoms with Gasteiger partial charge in [-0.3, -0.25) is 14.5 Å². The molecule has 0 atom stereocenters. The molecule has 2 amide bonds. The Morgan fingerprint density at radius 2 is 1.79 bits per heavy atom. The lowest BCUT2D eigenvalue weighted by Crippen LogP contribution is -2.52. The first-order valence-corrected chi connectivity index (χ1v) is 13.3. The third-order valence-electron chi connectivity index (χ3n) is 7.14. The van der Waals surface area contributed by atoms with Gasteiger partial charge in [0.2, 0.25) is 0 Å². The Labute approximate surface area is 210 Å². The lowest BCUT2D eigenvalue weighted by molar-refractivity contribution is -0.114. The molecule has 2 aromatic carbocycles. The highest BCUT2D eigenvalue weighted by Crippen LogP contribution is 2.42. The van der Waals surface area contributed by atoms with E-state index in [1.54, 1.807) is 11.9 Å². The summed E-state index contributed by atoms with van der Waals surface area (Å²) in [6, 6.07) is 13.9. The van der Waals surface area contributed by atoms with Crippen LogP contribution in [0.5, 0.6) is 0 Å². The number of halogens is 1. The minimum Gasteiger partial charge on any atom is -0.336 e. The van der Waals surface area contributed by atoms with E-state index in [-0.39, 0.29) is 11.8 Å². The molecule has 1 aliphatic carbocycles. The molecule has 2 aliphatic heterocycles. The van der Waals surface area contributed by atoms with E-state index < -0.39 is 0 Å². The SMILES string of the molecule is CN1C(=O)C(=Cc2cccc(Cl)c2)Sc2ccc(C(=O)N3CCN(C4CCCCC4)CC3)cc21. The Kier molecular flexibility index (Phi) is 7.00. The average Bonchev–Trinajstić information content (AvgIpc) is 2.87. The maximum absolute atomic E-state index is 13.3. The van der Waals surface area contributed by atoms with E-state index in [9.17, 15) is 9.59 Å². The molecular formula is C27H30ClN3O2S. The summed E-state index contributed by atoms with van der Waals surface area (Å²) in [4.78, 5) is 34.1. The average molecular weight is 496 g/mol. The van der Waals surface area contributed by atoms with Gasteiger partial charge in [0, 0.05) is 54.8 Å². The second-order valence-corrected chi connectivity index (χ2v) is 10.9. The predicted molar refractivity (Wildman–Crippen MR) is 139 cm³/mol. The summed E-state index contributed by atoms with van der Waals surface area (Å²) >= 11 is 7.53. The Morgan fingerprint density at radius 3 is 2.53 bits per heavy atom. The van der Waals surface area contributed by atoms with Gasteiger partial charge in [0.15, 0.2) is 0 Å². The quantitative estimate of drug-likeness (QED) is 0.524. The normalized spacial score (nSPS) is 21.1. The van der Waals surface area contributed by atoms with Gasteiger partial charge in [0.25, 0.3) is 11.8 Å². The number of fused-ring (bicyclic) bond motifs is 1. The van der Waals surface area contributed by atoms with Gasteiger partial charge in [0.1, 0.15) is 0 Å². The fraction of sp³-hybridized carbons (Fsp3) is 0.407. The summed E-state index contributed by atoms with van der Waals surface area (Å²) in [6.45, 7) is 3.44. The summed E-state index contributed by atoms with van der Waals surface area (Å²) in [6.07, 6.45) is 8.48. The topological polar surface area (TPSA) is 43.9 Å². The largest absolute Gasteiger partial charge is 0.336 e. The monoisotopic (exact) mass is 495 g/mol. The number of nitrogens with zero attached hydrogens (tertiary/aromatic N) is 3. The molecule has 0 N–H and O–H groups in total. The molecular weight excluding hydrogens is 466 g/mol. The Bertz CT molecular complexity index is 1120. The molecule has 1 saturated heterocycles. The molecule has 2 heterocycles. The molecule has 1 saturated carbocycles. The summed E-state index contributed by atoms with van der Waals surface area (Å²) in [5.74, 6) is -0.0274. The van der Waals surface area contributed by atoms with Gasteiger partial charge in [0.05, 0.1) is 10.6 Å². The molecule has 0 unspecified atom stereocenters. The van der Waals surface area contributed by atoms with Crippen molar-refractivity contribution in [1.82, 2.24) is 9.80 Å². The van der Waals surface area contributed by atoms with E-state index in [0.717, 1.165) is 42.3 Å². The molecule has 0 spiro atoms. The lowest BCUT2D eigenvalue weighted by Gasteiger charge is -2.40. The van der Waals surface area contributed by atoms with Crippen molar-refractivity contribution in [3.8, 4) is 0 Å². The summed E-state index contributed by atoms with van der Waals surface area (Å²) in [7, 11) is 1.77. The molecule has 0 aromatic heterocycles. The van der Waals surface area contributed by atoms with Crippen LogP contribution in [-0.4, -0.2) is 60.9 Å². The Morgan fingerprint density at radius 1 is 1.03 bits per heavy atom. The van der Waals surface area contributed by atoms with Crippen LogP contribution in [-0.2, 0) is 4.79 Å². The van der Waals surface area contributed by atoms with Crippen molar-refractivity contribution in [3.05, 3.63) is 63.5 Å². The smallest absolute Gasteiger partial charge is 0.264 e. The third-order valence-corrected chi connectivity index (χ3v) is 8.45. The molecule has 34 heavy (non-hydrogen) atoms. The van der Waals surface area contributed by atoms with Crippen LogP contribution in [0.15, 0.2) is 52.3 Å². The Balaban J connectivity index is 1.29. The van der Waals surface area contributed by atoms with Crippen LogP contribution in [0.3, 0.4) is 0 Å². The van der Waals surface area contributed by atoms with E-state index in [1.165, 1.54) is 43.9 Å². The van der Waals surface area contributed by atoms with Gasteiger partial charge < -0.3 is 9.80 Å². The van der Waals surface area contributed by atoms with E-state index in [4.69, 9.17) is 11.6 Å². The summed E-state index contributed by atoms with van der Waals surface area (Å²) in [5.41, 5.74) is 2.32. The second kappa shape index (κ2) is 10.1. The molecule has 2 fully saturated rings. The van der Waals surface area contributed by atoms with Crippen molar-refractivity contribution in [2.24, 2.45) is 0 Å². The minimum atomic E-state index is -0.0804. The van der Waals surface area contributed by atoms with Crippen molar-refractivity contribution < 1.29 is 9.59 Å². The van der Waals surface area contributed by atoms with E-state index >= 15 is 0 Å². The van der Waals surface area contributed by atoms with E-state index in [0.29, 0.717) is 21.5 Å². The number of hydrogen-bond acceptors (Lipinski definition) is 4. The molecule has 2 aromatic rings. The standard InChI is InChI=1S/C27H30ClN3O2S/c1-29-23-18-20(26(32)31-14-12-30(13-15-31)22-8-3-2-4-9-22)10-11-24(23)34-25(27(29)33)17-19-6-5-7-21(28)16-19/h5-7,10-11,16-18,22H,2-4,8-9,12-15H2,1H3. The lowest BCUT2D eigenvalue weighted by atomic mass is 9.94. The Hall–Kier alpha value is -2.28. The van der Waals surface area contributed by atoms with Gasteiger partial charge in [-0.1, -0.05) is 54.8 Å². The fourth-order valence-corrected chi connectivity index (χ4v) is 6.48. The molecule has 0 radical (unpaired) electrons. The number of likely N-dealkylation sites (N-methyl/N-ethyl adjacent to an activating group) is 1. The highest BCUT2D eigenvalue weighted by Gasteiger charge is 2.30. The molecule has 5 rings (SSSR count). The second-order valence-electron chi connectivity index (χ2n) is 9.33. The number of benzene rings is 2. The maximum Gasteiger partial charge on any atom is 0.264 e. The molecule has 3 aliphatic rings. The van der Waals surface area contributed by atoms with Gasteiger partial charge in [-0.25, -0.2) is 0 Å². The zero-order valence-corrected chi connectivity index (χ0v) is 21.1. The molecule has 178 valence electrons.